The molecule has 0 saturated heterocycles. The van der Waals surface area contributed by atoms with Gasteiger partial charge in [-0.25, -0.2) is 0 Å². The average molecular weight is 701 g/mol. The van der Waals surface area contributed by atoms with Gasteiger partial charge in [0, 0.05) is 34.1 Å². The molecule has 2 nitrogen and oxygen atoms in total. The van der Waals surface area contributed by atoms with Gasteiger partial charge < -0.3 is 9.80 Å². The van der Waals surface area contributed by atoms with Crippen LogP contribution in [-0.4, -0.2) is 6.71 Å². The van der Waals surface area contributed by atoms with Crippen molar-refractivity contribution < 1.29 is 0 Å². The van der Waals surface area contributed by atoms with Gasteiger partial charge in [0.25, 0.3) is 6.71 Å². The zero-order chi connectivity index (χ0) is 37.8. The zero-order valence-electron chi connectivity index (χ0n) is 34.7. The molecule has 4 aromatic rings. The molecular formula is C50H61BN2. The SMILES string of the molecule is CC(C)(C)c1ccc(N2c3ccc(C(C)(C)C)cc3B3c4c(cccc42)N(C2=CC(C(C)(C)C)CCC2)c2cc(C(C)(C)C)c4c(c23)C=CCC4)cc1. The molecule has 0 N–H and O–H groups in total. The molecule has 0 radical (unpaired) electrons. The maximum absolute atomic E-state index is 2.74. The summed E-state index contributed by atoms with van der Waals surface area (Å²) in [6.45, 7) is 28.6. The summed E-state index contributed by atoms with van der Waals surface area (Å²) in [6, 6.07) is 26.6. The van der Waals surface area contributed by atoms with Gasteiger partial charge in [0.1, 0.15) is 0 Å². The van der Waals surface area contributed by atoms with E-state index in [-0.39, 0.29) is 28.4 Å². The number of hydrogen-bond acceptors (Lipinski definition) is 2. The lowest BCUT2D eigenvalue weighted by atomic mass is 9.32. The Morgan fingerprint density at radius 3 is 1.92 bits per heavy atom. The van der Waals surface area contributed by atoms with E-state index in [0.29, 0.717) is 5.92 Å². The number of allylic oxidation sites excluding steroid dienone is 3. The lowest BCUT2D eigenvalue weighted by molar-refractivity contribution is 0.264. The minimum Gasteiger partial charge on any atom is -0.315 e. The van der Waals surface area contributed by atoms with Crippen molar-refractivity contribution in [2.75, 3.05) is 9.80 Å². The summed E-state index contributed by atoms with van der Waals surface area (Å²) < 4.78 is 0. The van der Waals surface area contributed by atoms with Crippen molar-refractivity contribution in [2.24, 2.45) is 11.3 Å². The Kier molecular flexibility index (Phi) is 8.34. The standard InChI is InChI=1S/C50H61BN2/c1-47(2,3)32-23-26-35(27-24-32)52-41-28-25-34(49(7,8)9)30-40(41)51-45-38-20-14-13-19-37(38)39(50(10,11)12)31-44(45)53(43-22-16-21-42(52)46(43)51)36-18-15-17-33(29-36)48(4,5)6/h14,16,20-31,33H,13,15,17-19H2,1-12H3. The second-order valence-corrected chi connectivity index (χ2v) is 20.6. The maximum atomic E-state index is 2.74. The van der Waals surface area contributed by atoms with Crippen molar-refractivity contribution >= 4 is 57.6 Å². The summed E-state index contributed by atoms with van der Waals surface area (Å²) >= 11 is 0. The van der Waals surface area contributed by atoms with E-state index in [2.05, 4.69) is 178 Å². The molecule has 4 aliphatic rings. The smallest absolute Gasteiger partial charge is 0.252 e. The van der Waals surface area contributed by atoms with Crippen LogP contribution in [0.15, 0.2) is 84.6 Å². The van der Waals surface area contributed by atoms with E-state index < -0.39 is 0 Å². The molecule has 1 unspecified atom stereocenters. The summed E-state index contributed by atoms with van der Waals surface area (Å²) in [5.41, 5.74) is 20.1. The van der Waals surface area contributed by atoms with Crippen LogP contribution in [0, 0.1) is 11.3 Å². The molecule has 3 heteroatoms. The first kappa shape index (κ1) is 36.0. The number of benzene rings is 4. The van der Waals surface area contributed by atoms with Crippen molar-refractivity contribution in [1.29, 1.82) is 0 Å². The number of rotatable bonds is 2. The molecule has 0 bridgehead atoms. The van der Waals surface area contributed by atoms with E-state index in [0.717, 1.165) is 19.3 Å². The van der Waals surface area contributed by atoms with E-state index in [1.165, 1.54) is 85.6 Å². The van der Waals surface area contributed by atoms with Crippen LogP contribution in [0.2, 0.25) is 0 Å². The summed E-state index contributed by atoms with van der Waals surface area (Å²) in [4.78, 5) is 5.31. The fourth-order valence-corrected chi connectivity index (χ4v) is 9.66. The molecule has 0 aromatic heterocycles. The highest BCUT2D eigenvalue weighted by atomic mass is 15.2. The third kappa shape index (κ3) is 6.02. The molecule has 53 heavy (non-hydrogen) atoms. The Bertz CT molecular complexity index is 2150. The van der Waals surface area contributed by atoms with Crippen LogP contribution in [0.5, 0.6) is 0 Å². The van der Waals surface area contributed by atoms with Crippen LogP contribution in [0.1, 0.15) is 137 Å². The maximum Gasteiger partial charge on any atom is 0.252 e. The zero-order valence-corrected chi connectivity index (χ0v) is 34.7. The van der Waals surface area contributed by atoms with Crippen LogP contribution in [-0.2, 0) is 22.7 Å². The molecule has 2 aliphatic carbocycles. The first-order chi connectivity index (χ1) is 24.8. The third-order valence-electron chi connectivity index (χ3n) is 12.7. The molecule has 2 heterocycles. The van der Waals surface area contributed by atoms with Crippen LogP contribution >= 0.6 is 0 Å². The van der Waals surface area contributed by atoms with Gasteiger partial charge >= 0.3 is 0 Å². The van der Waals surface area contributed by atoms with E-state index in [1.807, 2.05) is 0 Å². The summed E-state index contributed by atoms with van der Waals surface area (Å²) in [5.74, 6) is 0.541. The van der Waals surface area contributed by atoms with E-state index in [4.69, 9.17) is 0 Å². The molecule has 274 valence electrons. The van der Waals surface area contributed by atoms with Crippen LogP contribution in [0.4, 0.5) is 28.4 Å². The first-order valence-corrected chi connectivity index (χ1v) is 20.4. The predicted molar refractivity (Wildman–Crippen MR) is 233 cm³/mol. The molecule has 0 spiro atoms. The second-order valence-electron chi connectivity index (χ2n) is 20.6. The average Bonchev–Trinajstić information content (AvgIpc) is 3.09. The van der Waals surface area contributed by atoms with Crippen molar-refractivity contribution in [3.8, 4) is 0 Å². The van der Waals surface area contributed by atoms with Crippen molar-refractivity contribution in [3.63, 3.8) is 0 Å². The highest BCUT2D eigenvalue weighted by molar-refractivity contribution is 7.00. The minimum atomic E-state index is 0.0296. The molecule has 0 amide bonds. The van der Waals surface area contributed by atoms with E-state index in [1.54, 1.807) is 5.56 Å². The number of fused-ring (bicyclic) bond motifs is 6. The number of anilines is 5. The van der Waals surface area contributed by atoms with E-state index >= 15 is 0 Å². The normalized spacial score (nSPS) is 18.3. The highest BCUT2D eigenvalue weighted by Crippen LogP contribution is 2.48. The fourth-order valence-electron chi connectivity index (χ4n) is 9.66. The van der Waals surface area contributed by atoms with Gasteiger partial charge in [-0.05, 0) is 140 Å². The number of hydrogen-bond donors (Lipinski definition) is 0. The first-order valence-electron chi connectivity index (χ1n) is 20.4. The Morgan fingerprint density at radius 2 is 1.28 bits per heavy atom. The fraction of sp³-hybridized carbons (Fsp3) is 0.440. The Morgan fingerprint density at radius 1 is 0.623 bits per heavy atom. The monoisotopic (exact) mass is 700 g/mol. The van der Waals surface area contributed by atoms with Gasteiger partial charge in [-0.3, -0.25) is 0 Å². The molecule has 2 aliphatic heterocycles. The van der Waals surface area contributed by atoms with Crippen molar-refractivity contribution in [3.05, 3.63) is 112 Å². The third-order valence-corrected chi connectivity index (χ3v) is 12.7. The van der Waals surface area contributed by atoms with Crippen LogP contribution in [0.3, 0.4) is 0 Å². The molecule has 1 atom stereocenters. The summed E-state index contributed by atoms with van der Waals surface area (Å²) in [6.07, 6.45) is 13.4. The minimum absolute atomic E-state index is 0.0296. The van der Waals surface area contributed by atoms with Crippen molar-refractivity contribution in [2.45, 2.75) is 131 Å². The topological polar surface area (TPSA) is 6.48 Å². The summed E-state index contributed by atoms with van der Waals surface area (Å²) in [5, 5.41) is 0. The van der Waals surface area contributed by atoms with Gasteiger partial charge in [-0.2, -0.15) is 0 Å². The number of nitrogens with zero attached hydrogens (tertiary/aromatic N) is 2. The van der Waals surface area contributed by atoms with Gasteiger partial charge in [-0.1, -0.05) is 132 Å². The lowest BCUT2D eigenvalue weighted by Crippen LogP contribution is -2.63. The molecule has 0 fully saturated rings. The Hall–Kier alpha value is -3.98. The Labute approximate surface area is 321 Å². The molecule has 4 aromatic carbocycles. The van der Waals surface area contributed by atoms with Gasteiger partial charge in [0.05, 0.1) is 0 Å². The van der Waals surface area contributed by atoms with Crippen LogP contribution in [0.25, 0.3) is 6.08 Å². The van der Waals surface area contributed by atoms with Gasteiger partial charge in [-0.15, -0.1) is 0 Å². The van der Waals surface area contributed by atoms with Gasteiger partial charge in [0.2, 0.25) is 0 Å². The quantitative estimate of drug-likeness (QED) is 0.169. The Balaban J connectivity index is 1.48. The lowest BCUT2D eigenvalue weighted by Gasteiger charge is -2.47. The highest BCUT2D eigenvalue weighted by Gasteiger charge is 2.46. The van der Waals surface area contributed by atoms with Gasteiger partial charge in [0.15, 0.2) is 0 Å². The molecular weight excluding hydrogens is 639 g/mol. The van der Waals surface area contributed by atoms with Crippen LogP contribution < -0.4 is 26.2 Å². The summed E-state index contributed by atoms with van der Waals surface area (Å²) in [7, 11) is 0. The largest absolute Gasteiger partial charge is 0.315 e. The molecule has 8 rings (SSSR count). The van der Waals surface area contributed by atoms with E-state index in [9.17, 15) is 0 Å². The second kappa shape index (κ2) is 12.3. The molecule has 0 saturated carbocycles. The van der Waals surface area contributed by atoms with Crippen molar-refractivity contribution in [1.82, 2.24) is 0 Å². The predicted octanol–water partition coefficient (Wildman–Crippen LogP) is 12.0.